The third-order valence-electron chi connectivity index (χ3n) is 2.96. The zero-order chi connectivity index (χ0) is 16.9. The van der Waals surface area contributed by atoms with E-state index >= 15 is 0 Å². The van der Waals surface area contributed by atoms with Crippen LogP contribution < -0.4 is 5.32 Å². The number of benzene rings is 1. The Bertz CT molecular complexity index is 591. The van der Waals surface area contributed by atoms with Gasteiger partial charge in [-0.1, -0.05) is 13.0 Å². The minimum absolute atomic E-state index is 0.0422. The molecule has 0 fully saturated rings. The average molecular weight is 312 g/mol. The van der Waals surface area contributed by atoms with Crippen LogP contribution in [0.4, 0.5) is 14.9 Å². The lowest BCUT2D eigenvalue weighted by molar-refractivity contribution is -0.141. The van der Waals surface area contributed by atoms with Gasteiger partial charge in [-0.3, -0.25) is 4.79 Å². The van der Waals surface area contributed by atoms with Crippen LogP contribution in [0.1, 0.15) is 17.3 Å². The Morgan fingerprint density at radius 3 is 2.59 bits per heavy atom. The van der Waals surface area contributed by atoms with Crippen molar-refractivity contribution in [2.45, 2.75) is 6.92 Å². The molecule has 120 valence electrons. The van der Waals surface area contributed by atoms with Crippen molar-refractivity contribution in [2.75, 3.05) is 26.0 Å². The number of anilines is 1. The molecule has 8 heteroatoms. The molecule has 0 aliphatic rings. The monoisotopic (exact) mass is 312 g/mol. The van der Waals surface area contributed by atoms with E-state index in [-0.39, 0.29) is 17.8 Å². The molecule has 0 aliphatic heterocycles. The quantitative estimate of drug-likeness (QED) is 0.808. The summed E-state index contributed by atoms with van der Waals surface area (Å²) in [6.45, 7) is 1.41. The summed E-state index contributed by atoms with van der Waals surface area (Å²) in [5.74, 6) is -3.58. The summed E-state index contributed by atoms with van der Waals surface area (Å²) in [7, 11) is 2.50. The van der Waals surface area contributed by atoms with Crippen molar-refractivity contribution in [3.8, 4) is 0 Å². The largest absolute Gasteiger partial charge is 0.481 e. The molecule has 0 spiro atoms. The van der Waals surface area contributed by atoms with E-state index < -0.39 is 29.7 Å². The molecule has 7 nitrogen and oxygen atoms in total. The Labute approximate surface area is 126 Å². The lowest BCUT2D eigenvalue weighted by Crippen LogP contribution is -2.36. The van der Waals surface area contributed by atoms with Crippen LogP contribution in [-0.2, 0) is 9.53 Å². The molecule has 2 amide bonds. The second kappa shape index (κ2) is 7.39. The van der Waals surface area contributed by atoms with Gasteiger partial charge in [-0.2, -0.15) is 0 Å². The standard InChI is InChI=1S/C14H17FN2O5/c1-8(12(18)19)7-17(2)14(21)16-10-6-4-5-9(11(10)15)13(20)22-3/h4-6,8H,7H2,1-3H3,(H,16,21)(H,18,19). The first-order valence-corrected chi connectivity index (χ1v) is 6.39. The number of hydrogen-bond acceptors (Lipinski definition) is 4. The Balaban J connectivity index is 2.84. The fourth-order valence-corrected chi connectivity index (χ4v) is 1.68. The number of urea groups is 1. The van der Waals surface area contributed by atoms with Gasteiger partial charge < -0.3 is 20.1 Å². The van der Waals surface area contributed by atoms with E-state index in [0.717, 1.165) is 12.0 Å². The number of nitrogens with zero attached hydrogens (tertiary/aromatic N) is 1. The highest BCUT2D eigenvalue weighted by molar-refractivity contribution is 5.94. The predicted octanol–water partition coefficient (Wildman–Crippen LogP) is 1.80. The predicted molar refractivity (Wildman–Crippen MR) is 76.2 cm³/mol. The number of aliphatic carboxylic acids is 1. The molecular formula is C14H17FN2O5. The summed E-state index contributed by atoms with van der Waals surface area (Å²) in [5.41, 5.74) is -0.496. The van der Waals surface area contributed by atoms with E-state index in [4.69, 9.17) is 5.11 Å². The maximum Gasteiger partial charge on any atom is 0.340 e. The fraction of sp³-hybridized carbons (Fsp3) is 0.357. The molecule has 1 unspecified atom stereocenters. The molecule has 2 N–H and O–H groups in total. The van der Waals surface area contributed by atoms with Gasteiger partial charge in [0, 0.05) is 13.6 Å². The number of amides is 2. The van der Waals surface area contributed by atoms with Crippen LogP contribution in [0.25, 0.3) is 0 Å². The summed E-state index contributed by atoms with van der Waals surface area (Å²) < 4.78 is 18.5. The number of carbonyl (C=O) groups excluding carboxylic acids is 2. The number of carboxylic acids is 1. The van der Waals surface area contributed by atoms with E-state index in [0.29, 0.717) is 0 Å². The highest BCUT2D eigenvalue weighted by Crippen LogP contribution is 2.19. The molecule has 0 saturated carbocycles. The van der Waals surface area contributed by atoms with E-state index in [1.807, 2.05) is 0 Å². The van der Waals surface area contributed by atoms with Crippen molar-refractivity contribution < 1.29 is 28.6 Å². The van der Waals surface area contributed by atoms with E-state index in [2.05, 4.69) is 10.1 Å². The van der Waals surface area contributed by atoms with Crippen molar-refractivity contribution >= 4 is 23.7 Å². The minimum Gasteiger partial charge on any atom is -0.481 e. The Morgan fingerprint density at radius 2 is 2.05 bits per heavy atom. The van der Waals surface area contributed by atoms with Crippen LogP contribution in [0, 0.1) is 11.7 Å². The maximum atomic E-state index is 14.1. The molecule has 0 aliphatic carbocycles. The second-order valence-electron chi connectivity index (χ2n) is 4.71. The number of rotatable bonds is 5. The highest BCUT2D eigenvalue weighted by Gasteiger charge is 2.20. The van der Waals surface area contributed by atoms with Gasteiger partial charge in [0.15, 0.2) is 5.82 Å². The molecule has 0 heterocycles. The summed E-state index contributed by atoms with van der Waals surface area (Å²) in [4.78, 5) is 35.2. The number of halogens is 1. The molecule has 22 heavy (non-hydrogen) atoms. The normalized spacial score (nSPS) is 11.5. The maximum absolute atomic E-state index is 14.1. The minimum atomic E-state index is -1.04. The molecule has 1 atom stereocenters. The number of carboxylic acid groups (broad SMARTS) is 1. The van der Waals surface area contributed by atoms with Gasteiger partial charge in [-0.15, -0.1) is 0 Å². The van der Waals surface area contributed by atoms with Crippen LogP contribution in [0.2, 0.25) is 0 Å². The molecule has 0 saturated heterocycles. The Hall–Kier alpha value is -2.64. The number of hydrogen-bond donors (Lipinski definition) is 2. The number of esters is 1. The SMILES string of the molecule is COC(=O)c1cccc(NC(=O)N(C)CC(C)C(=O)O)c1F. The van der Waals surface area contributed by atoms with Crippen molar-refractivity contribution in [3.05, 3.63) is 29.6 Å². The smallest absolute Gasteiger partial charge is 0.340 e. The van der Waals surface area contributed by atoms with E-state index in [1.165, 1.54) is 32.2 Å². The van der Waals surface area contributed by atoms with Crippen molar-refractivity contribution in [1.29, 1.82) is 0 Å². The summed E-state index contributed by atoms with van der Waals surface area (Å²) in [5, 5.41) is 11.1. The van der Waals surface area contributed by atoms with E-state index in [9.17, 15) is 18.8 Å². The zero-order valence-corrected chi connectivity index (χ0v) is 12.4. The number of methoxy groups -OCH3 is 1. The summed E-state index contributed by atoms with van der Waals surface area (Å²) in [6.07, 6.45) is 0. The molecular weight excluding hydrogens is 295 g/mol. The van der Waals surface area contributed by atoms with Crippen molar-refractivity contribution in [2.24, 2.45) is 5.92 Å². The van der Waals surface area contributed by atoms with E-state index in [1.54, 1.807) is 0 Å². The van der Waals surface area contributed by atoms with Crippen molar-refractivity contribution in [1.82, 2.24) is 4.90 Å². The van der Waals surface area contributed by atoms with Crippen LogP contribution >= 0.6 is 0 Å². The summed E-state index contributed by atoms with van der Waals surface area (Å²) in [6, 6.07) is 3.22. The first kappa shape index (κ1) is 17.4. The molecule has 0 aromatic heterocycles. The third kappa shape index (κ3) is 4.18. The molecule has 1 aromatic carbocycles. The van der Waals surface area contributed by atoms with Gasteiger partial charge in [-0.25, -0.2) is 14.0 Å². The molecule has 1 aromatic rings. The Kier molecular flexibility index (Phi) is 5.85. The third-order valence-corrected chi connectivity index (χ3v) is 2.96. The average Bonchev–Trinajstić information content (AvgIpc) is 2.48. The van der Waals surface area contributed by atoms with Gasteiger partial charge in [0.05, 0.1) is 24.3 Å². The van der Waals surface area contributed by atoms with Gasteiger partial charge in [0.2, 0.25) is 0 Å². The highest BCUT2D eigenvalue weighted by atomic mass is 19.1. The van der Waals surface area contributed by atoms with Crippen LogP contribution in [0.3, 0.4) is 0 Å². The van der Waals surface area contributed by atoms with Crippen molar-refractivity contribution in [3.63, 3.8) is 0 Å². The number of ether oxygens (including phenoxy) is 1. The first-order chi connectivity index (χ1) is 10.3. The number of carbonyl (C=O) groups is 3. The van der Waals surface area contributed by atoms with Crippen LogP contribution in [0.15, 0.2) is 18.2 Å². The van der Waals surface area contributed by atoms with Gasteiger partial charge in [0.25, 0.3) is 0 Å². The lowest BCUT2D eigenvalue weighted by atomic mass is 10.1. The molecule has 1 rings (SSSR count). The Morgan fingerprint density at radius 1 is 1.41 bits per heavy atom. The fourth-order valence-electron chi connectivity index (χ4n) is 1.68. The second-order valence-corrected chi connectivity index (χ2v) is 4.71. The molecule has 0 bridgehead atoms. The van der Waals surface area contributed by atoms with Gasteiger partial charge in [0.1, 0.15) is 0 Å². The van der Waals surface area contributed by atoms with Crippen LogP contribution in [0.5, 0.6) is 0 Å². The zero-order valence-electron chi connectivity index (χ0n) is 12.4. The summed E-state index contributed by atoms with van der Waals surface area (Å²) >= 11 is 0. The van der Waals surface area contributed by atoms with Crippen LogP contribution in [-0.4, -0.2) is 48.7 Å². The lowest BCUT2D eigenvalue weighted by Gasteiger charge is -2.20. The topological polar surface area (TPSA) is 95.9 Å². The van der Waals surface area contributed by atoms with Gasteiger partial charge >= 0.3 is 18.0 Å². The first-order valence-electron chi connectivity index (χ1n) is 6.39. The number of nitrogens with one attached hydrogen (secondary N) is 1. The molecule has 0 radical (unpaired) electrons. The van der Waals surface area contributed by atoms with Gasteiger partial charge in [-0.05, 0) is 12.1 Å².